The number of hydrogen-bond acceptors (Lipinski definition) is 17. The van der Waals surface area contributed by atoms with Gasteiger partial charge in [0.15, 0.2) is 12.4 Å². The Kier molecular flexibility index (Phi) is 14.0. The number of nitrogens with zero attached hydrogens (tertiary/aromatic N) is 5. The summed E-state index contributed by atoms with van der Waals surface area (Å²) in [4.78, 5) is 100. The summed E-state index contributed by atoms with van der Waals surface area (Å²) in [7, 11) is -15.9. The minimum Gasteiger partial charge on any atom is -0.478 e. The Morgan fingerprint density at radius 3 is 2.37 bits per heavy atom. The lowest BCUT2D eigenvalue weighted by molar-refractivity contribution is -0.745. The normalized spacial score (nSPS) is 21.8. The second kappa shape index (κ2) is 20.4. The molecule has 8 heterocycles. The number of phosphoric ester groups is 1. The first-order chi connectivity index (χ1) is 37.0. The van der Waals surface area contributed by atoms with Gasteiger partial charge in [-0.15, -0.1) is 0 Å². The van der Waals surface area contributed by atoms with Crippen LogP contribution in [-0.2, 0) is 69.0 Å². The molecule has 0 radical (unpaired) electrons. The van der Waals surface area contributed by atoms with E-state index in [4.69, 9.17) is 34.3 Å². The van der Waals surface area contributed by atoms with E-state index in [0.29, 0.717) is 22.6 Å². The van der Waals surface area contributed by atoms with Crippen molar-refractivity contribution in [1.82, 2.24) is 29.7 Å². The summed E-state index contributed by atoms with van der Waals surface area (Å²) in [5.41, 5.74) is 12.6. The van der Waals surface area contributed by atoms with Gasteiger partial charge >= 0.3 is 41.2 Å². The predicted molar refractivity (Wildman–Crippen MR) is 270 cm³/mol. The maximum absolute atomic E-state index is 14.1. The highest BCUT2D eigenvalue weighted by Gasteiger charge is 2.52. The summed E-state index contributed by atoms with van der Waals surface area (Å²) in [6.07, 6.45) is 0.178. The highest BCUT2D eigenvalue weighted by atomic mass is 31.3. The van der Waals surface area contributed by atoms with Crippen LogP contribution in [0.1, 0.15) is 86.0 Å². The number of nitrogens with two attached hydrogens (primary N) is 1. The highest BCUT2D eigenvalue weighted by molar-refractivity contribution is 7.66. The van der Waals surface area contributed by atoms with Crippen LogP contribution in [0.15, 0.2) is 41.5 Å². The van der Waals surface area contributed by atoms with E-state index < -0.39 is 78.1 Å². The fourth-order valence-corrected chi connectivity index (χ4v) is 14.7. The Balaban J connectivity index is 0.846. The van der Waals surface area contributed by atoms with Crippen molar-refractivity contribution in [1.29, 1.82) is 0 Å². The number of aryl methyl sites for hydroxylation is 3. The van der Waals surface area contributed by atoms with Crippen molar-refractivity contribution in [2.24, 2.45) is 7.05 Å². The van der Waals surface area contributed by atoms with Gasteiger partial charge in [-0.1, -0.05) is 4.98 Å². The number of carboxylic acids is 1. The van der Waals surface area contributed by atoms with Gasteiger partial charge in [0.05, 0.1) is 24.8 Å². The van der Waals surface area contributed by atoms with Crippen molar-refractivity contribution < 1.29 is 89.8 Å². The van der Waals surface area contributed by atoms with Gasteiger partial charge in [0, 0.05) is 77.8 Å². The Hall–Kier alpha value is -6.38. The third-order valence-corrected chi connectivity index (χ3v) is 18.4. The molecule has 6 atom stereocenters. The molecule has 78 heavy (non-hydrogen) atoms. The minimum atomic E-state index is -5.92. The van der Waals surface area contributed by atoms with Crippen LogP contribution in [0.5, 0.6) is 11.5 Å². The molecule has 11 rings (SSSR count). The first kappa shape index (κ1) is 53.6. The Morgan fingerprint density at radius 2 is 1.62 bits per heavy atom. The molecule has 2 amide bonds. The van der Waals surface area contributed by atoms with E-state index in [1.54, 1.807) is 6.07 Å². The van der Waals surface area contributed by atoms with E-state index in [-0.39, 0.29) is 41.3 Å². The van der Waals surface area contributed by atoms with Crippen LogP contribution in [0.3, 0.4) is 0 Å². The molecule has 0 saturated carbocycles. The van der Waals surface area contributed by atoms with Crippen molar-refractivity contribution in [3.63, 3.8) is 0 Å². The molecular weight excluding hydrogens is 1090 g/mol. The third-order valence-electron chi connectivity index (χ3n) is 14.6. The summed E-state index contributed by atoms with van der Waals surface area (Å²) in [6.45, 7) is 2.15. The number of H-pyrrole nitrogens is 1. The number of ether oxygens (including phenoxy) is 3. The number of aromatic amines is 1. The van der Waals surface area contributed by atoms with Crippen molar-refractivity contribution in [3.05, 3.63) is 102 Å². The maximum atomic E-state index is 14.1. The largest absolute Gasteiger partial charge is 0.490 e. The molecule has 31 heteroatoms. The number of carboxylic acid groups (broad SMARTS) is 1. The number of carbonyl (C=O) groups excluding carboxylic acids is 2. The monoisotopic (exact) mass is 1140 g/mol. The number of nitrogens with one attached hydrogen (secondary N) is 3. The molecule has 1 saturated heterocycles. The standard InChI is InChI=1S/C47H52N9O19P3/c1-53-22-56(41-36(53)43(59)52-46(48)51-41)44-40(37(57)32(71-44)21-70-77(66,67)75-78(68,69)74-76(63,64)65)73-47(62)50-13-12-49-42(58)25-10-11-26(45(60)61)29(20-25)33-30-18-23-6-2-14-54-16-4-8-27(34(23)54)38(30)72-39-28-9-5-17-55-15-3-7-24(35(28)55)19-31(33)39/h10-11,18-20,22,32,37,40,44,57H,2-9,12-17,21H2,1H3,(H8-2,48,49,50,51,52,58,59,60,61,62,63,64,65,66,67,68,69)/p+2/t32-,37-,40-,44-/m1/s1. The average molecular weight is 1140 g/mol. The van der Waals surface area contributed by atoms with Crippen LogP contribution in [0.4, 0.5) is 16.4 Å². The number of imidazole rings is 1. The minimum absolute atomic E-state index is 0.00823. The van der Waals surface area contributed by atoms with Crippen molar-refractivity contribution in [2.45, 2.75) is 75.9 Å². The number of aromatic nitrogens is 4. The molecule has 6 aliphatic heterocycles. The third kappa shape index (κ3) is 10.2. The fraction of sp³-hybridized carbons (Fsp3) is 0.426. The van der Waals surface area contributed by atoms with E-state index in [0.717, 1.165) is 104 Å². The van der Waals surface area contributed by atoms with Crippen LogP contribution >= 0.6 is 23.5 Å². The van der Waals surface area contributed by atoms with Gasteiger partial charge in [-0.3, -0.25) is 23.7 Å². The number of benzene rings is 3. The smallest absolute Gasteiger partial charge is 0.478 e. The molecule has 3 aromatic carbocycles. The molecule has 2 aromatic heterocycles. The number of amides is 2. The number of carbonyl (C=O) groups is 3. The van der Waals surface area contributed by atoms with Crippen LogP contribution < -0.4 is 51.3 Å². The van der Waals surface area contributed by atoms with Gasteiger partial charge in [-0.25, -0.2) is 32.4 Å². The predicted octanol–water partition coefficient (Wildman–Crippen LogP) is 0.391. The lowest BCUT2D eigenvalue weighted by atomic mass is 9.81. The first-order valence-electron chi connectivity index (χ1n) is 25.0. The quantitative estimate of drug-likeness (QED) is 0.0378. The van der Waals surface area contributed by atoms with Crippen molar-refractivity contribution >= 4 is 69.8 Å². The average Bonchev–Trinajstić information content (AvgIpc) is 3.17. The molecular formula is C47H54N9O19P3+2. The summed E-state index contributed by atoms with van der Waals surface area (Å²) in [5, 5.41) is 29.4. The zero-order chi connectivity index (χ0) is 55.2. The number of aliphatic hydroxyl groups excluding tert-OH is 1. The van der Waals surface area contributed by atoms with E-state index in [2.05, 4.69) is 50.8 Å². The molecule has 28 nitrogen and oxygen atoms in total. The SMILES string of the molecule is Cn1c[n+]([C@@H]2O[C@H](COP(=O)(O)OP(=O)(O)OP(=O)(O)O)[C@@H](O)[C@H]2OC(=O)NCCNC(=O)c2ccc(C(=O)O)c(C3=c4cc5c6c(c4Oc4c3cc3c7c4CCCN7CCC3)CCC[N+]=6CCC5)c2)c2nc(N)[nH]c(=O)c21. The Morgan fingerprint density at radius 1 is 0.897 bits per heavy atom. The number of alkyl carbamates (subject to hydrolysis) is 1. The van der Waals surface area contributed by atoms with E-state index >= 15 is 0 Å². The van der Waals surface area contributed by atoms with E-state index in [9.17, 15) is 52.9 Å². The molecule has 6 aliphatic rings. The lowest BCUT2D eigenvalue weighted by Crippen LogP contribution is -2.49. The number of aliphatic hydroxyl groups is 1. The summed E-state index contributed by atoms with van der Waals surface area (Å²) in [5.74, 6) is -0.694. The number of nitrogen functional groups attached to an aromatic ring is 1. The molecule has 1 fully saturated rings. The topological polar surface area (TPSA) is 390 Å². The van der Waals surface area contributed by atoms with Gasteiger partial charge in [0.25, 0.3) is 17.4 Å². The molecule has 5 aromatic rings. The molecule has 0 aliphatic carbocycles. The number of aromatic carboxylic acids is 1. The van der Waals surface area contributed by atoms with Gasteiger partial charge in [-0.2, -0.15) is 8.62 Å². The maximum Gasteiger partial charge on any atom is 0.490 e. The second-order valence-corrected chi connectivity index (χ2v) is 24.1. The Bertz CT molecular complexity index is 3730. The van der Waals surface area contributed by atoms with E-state index in [1.807, 2.05) is 0 Å². The van der Waals surface area contributed by atoms with Crippen LogP contribution in [-0.4, -0.2) is 126 Å². The Labute approximate surface area is 441 Å². The number of phosphoric acid groups is 3. The first-order valence-corrected chi connectivity index (χ1v) is 29.5. The number of hydrogen-bond donors (Lipinski definition) is 10. The molecule has 0 spiro atoms. The second-order valence-electron chi connectivity index (χ2n) is 19.7. The molecule has 414 valence electrons. The summed E-state index contributed by atoms with van der Waals surface area (Å²) in [6, 6.07) is 8.69. The number of anilines is 2. The van der Waals surface area contributed by atoms with Gasteiger partial charge in [-0.05, 0) is 80.0 Å². The van der Waals surface area contributed by atoms with Crippen LogP contribution in [0, 0.1) is 0 Å². The molecule has 11 N–H and O–H groups in total. The number of rotatable bonds is 15. The highest BCUT2D eigenvalue weighted by Crippen LogP contribution is 2.66. The van der Waals surface area contributed by atoms with Crippen LogP contribution in [0.2, 0.25) is 0 Å². The van der Waals surface area contributed by atoms with Gasteiger partial charge in [0.2, 0.25) is 17.1 Å². The lowest BCUT2D eigenvalue weighted by Gasteiger charge is -2.39. The summed E-state index contributed by atoms with van der Waals surface area (Å²) >= 11 is 0. The van der Waals surface area contributed by atoms with E-state index in [1.165, 1.54) is 52.2 Å². The molecule has 0 bridgehead atoms. The van der Waals surface area contributed by atoms with Crippen LogP contribution in [0.25, 0.3) is 16.7 Å². The molecule has 2 unspecified atom stereocenters. The number of fused-ring (bicyclic) bond motifs is 5. The van der Waals surface area contributed by atoms with Gasteiger partial charge < -0.3 is 65.3 Å². The van der Waals surface area contributed by atoms with Crippen molar-refractivity contribution in [3.8, 4) is 11.5 Å². The van der Waals surface area contributed by atoms with Crippen molar-refractivity contribution in [2.75, 3.05) is 56.5 Å². The van der Waals surface area contributed by atoms with Gasteiger partial charge in [0.1, 0.15) is 36.8 Å². The summed E-state index contributed by atoms with van der Waals surface area (Å²) < 4.78 is 71.3. The zero-order valence-electron chi connectivity index (χ0n) is 41.5. The zero-order valence-corrected chi connectivity index (χ0v) is 44.2. The fourth-order valence-electron chi connectivity index (χ4n) is 11.6.